The summed E-state index contributed by atoms with van der Waals surface area (Å²) >= 11 is 0. The van der Waals surface area contributed by atoms with Gasteiger partial charge in [-0.15, -0.1) is 0 Å². The van der Waals surface area contributed by atoms with Crippen molar-refractivity contribution in [2.24, 2.45) is 0 Å². The summed E-state index contributed by atoms with van der Waals surface area (Å²) < 4.78 is 4.91. The Morgan fingerprint density at radius 1 is 1.43 bits per heavy atom. The van der Waals surface area contributed by atoms with Crippen molar-refractivity contribution < 1.29 is 14.3 Å². The summed E-state index contributed by atoms with van der Waals surface area (Å²) in [5, 5.41) is 0. The molecule has 0 bridgehead atoms. The number of carbonyl (C=O) groups is 2. The maximum absolute atomic E-state index is 11.3. The highest BCUT2D eigenvalue weighted by Gasteiger charge is 2.46. The number of hydrogen-bond acceptors (Lipinski definition) is 3. The fourth-order valence-corrected chi connectivity index (χ4v) is 1.45. The molecule has 0 aliphatic carbocycles. The molecule has 1 amide bonds. The first-order chi connectivity index (χ1) is 6.43. The summed E-state index contributed by atoms with van der Waals surface area (Å²) in [4.78, 5) is 23.6. The molecular weight excluding hydrogens is 182 g/mol. The number of ether oxygens (including phenoxy) is 1. The zero-order valence-electron chi connectivity index (χ0n) is 8.90. The monoisotopic (exact) mass is 197 g/mol. The lowest BCUT2D eigenvalue weighted by Gasteiger charge is -2.42. The topological polar surface area (TPSA) is 46.6 Å². The highest BCUT2D eigenvalue weighted by atomic mass is 16.6. The van der Waals surface area contributed by atoms with Crippen molar-refractivity contribution in [1.82, 2.24) is 4.90 Å². The second-order valence-corrected chi connectivity index (χ2v) is 3.71. The Labute approximate surface area is 83.5 Å². The Balaban J connectivity index is 2.70. The summed E-state index contributed by atoms with van der Waals surface area (Å²) in [6.45, 7) is 5.20. The van der Waals surface area contributed by atoms with Crippen molar-refractivity contribution >= 4 is 11.9 Å². The first-order valence-corrected chi connectivity index (χ1v) is 4.52. The van der Waals surface area contributed by atoms with Gasteiger partial charge in [-0.25, -0.2) is 0 Å². The summed E-state index contributed by atoms with van der Waals surface area (Å²) in [6, 6.07) is -0.101. The predicted molar refractivity (Wildman–Crippen MR) is 51.5 cm³/mol. The van der Waals surface area contributed by atoms with E-state index >= 15 is 0 Å². The van der Waals surface area contributed by atoms with E-state index in [0.29, 0.717) is 0 Å². The number of carbonyl (C=O) groups excluding carboxylic acids is 2. The van der Waals surface area contributed by atoms with Crippen molar-refractivity contribution in [1.29, 1.82) is 0 Å². The van der Waals surface area contributed by atoms with E-state index in [1.54, 1.807) is 11.9 Å². The van der Waals surface area contributed by atoms with Crippen molar-refractivity contribution in [3.8, 4) is 0 Å². The second kappa shape index (κ2) is 3.82. The van der Waals surface area contributed by atoms with Gasteiger partial charge in [-0.05, 0) is 13.8 Å². The predicted octanol–water partition coefficient (Wildman–Crippen LogP) is 0.725. The average molecular weight is 197 g/mol. The number of amides is 1. The van der Waals surface area contributed by atoms with Crippen LogP contribution in [-0.4, -0.2) is 36.0 Å². The maximum atomic E-state index is 11.3. The fraction of sp³-hybridized carbons (Fsp3) is 0.600. The van der Waals surface area contributed by atoms with Gasteiger partial charge in [0.2, 0.25) is 6.10 Å². The van der Waals surface area contributed by atoms with E-state index in [2.05, 4.69) is 0 Å². The minimum absolute atomic E-state index is 0.101. The van der Waals surface area contributed by atoms with E-state index in [9.17, 15) is 9.59 Å². The van der Waals surface area contributed by atoms with Crippen LogP contribution in [0.25, 0.3) is 0 Å². The van der Waals surface area contributed by atoms with E-state index < -0.39 is 12.1 Å². The van der Waals surface area contributed by atoms with Crippen LogP contribution in [0.5, 0.6) is 0 Å². The quantitative estimate of drug-likeness (QED) is 0.372. The van der Waals surface area contributed by atoms with Crippen LogP contribution < -0.4 is 0 Å². The number of rotatable bonds is 2. The third-order valence-electron chi connectivity index (χ3n) is 2.15. The van der Waals surface area contributed by atoms with E-state index in [1.807, 2.05) is 19.9 Å². The first-order valence-electron chi connectivity index (χ1n) is 4.52. The summed E-state index contributed by atoms with van der Waals surface area (Å²) in [5.41, 5.74) is 1.10. The minimum atomic E-state index is -0.618. The molecule has 4 heteroatoms. The van der Waals surface area contributed by atoms with Crippen LogP contribution in [0.2, 0.25) is 0 Å². The molecule has 0 aromatic rings. The van der Waals surface area contributed by atoms with Crippen molar-refractivity contribution in [3.63, 3.8) is 0 Å². The van der Waals surface area contributed by atoms with Gasteiger partial charge in [-0.3, -0.25) is 9.59 Å². The van der Waals surface area contributed by atoms with Crippen molar-refractivity contribution in [3.05, 3.63) is 11.6 Å². The first kappa shape index (κ1) is 10.8. The molecule has 78 valence electrons. The smallest absolute Gasteiger partial charge is 0.303 e. The number of β-lactam (4-membered cyclic amide) rings is 1. The highest BCUT2D eigenvalue weighted by molar-refractivity contribution is 5.90. The Kier molecular flexibility index (Phi) is 2.93. The highest BCUT2D eigenvalue weighted by Crippen LogP contribution is 2.23. The molecule has 0 spiro atoms. The molecule has 0 aromatic carbocycles. The van der Waals surface area contributed by atoms with Gasteiger partial charge in [-0.1, -0.05) is 11.6 Å². The molecule has 0 radical (unpaired) electrons. The van der Waals surface area contributed by atoms with Gasteiger partial charge < -0.3 is 9.64 Å². The van der Waals surface area contributed by atoms with Crippen LogP contribution in [0.15, 0.2) is 11.6 Å². The van der Waals surface area contributed by atoms with Gasteiger partial charge >= 0.3 is 5.97 Å². The van der Waals surface area contributed by atoms with Crippen LogP contribution in [0.3, 0.4) is 0 Å². The van der Waals surface area contributed by atoms with Crippen molar-refractivity contribution in [2.75, 3.05) is 7.05 Å². The van der Waals surface area contributed by atoms with Crippen LogP contribution in [-0.2, 0) is 14.3 Å². The van der Waals surface area contributed by atoms with Crippen LogP contribution >= 0.6 is 0 Å². The number of allylic oxidation sites excluding steroid dienone is 1. The number of hydrogen-bond donors (Lipinski definition) is 0. The molecular formula is C10H15NO3. The standard InChI is InChI=1S/C10H15NO3/c1-6(2)5-8-9(14-7(3)12)10(13)11(8)4/h5,8-9H,1-4H3/t8-,9+/m0/s1. The third-order valence-corrected chi connectivity index (χ3v) is 2.15. The molecule has 4 nitrogen and oxygen atoms in total. The summed E-state index contributed by atoms with van der Waals surface area (Å²) in [7, 11) is 1.70. The molecule has 1 saturated heterocycles. The minimum Gasteiger partial charge on any atom is -0.450 e. The maximum Gasteiger partial charge on any atom is 0.303 e. The largest absolute Gasteiger partial charge is 0.450 e. The normalized spacial score (nSPS) is 25.4. The zero-order valence-corrected chi connectivity index (χ0v) is 8.90. The summed E-state index contributed by atoms with van der Waals surface area (Å²) in [5.74, 6) is -0.550. The SMILES string of the molecule is CC(=O)O[C@H]1C(=O)N(C)[C@H]1C=C(C)C. The molecule has 1 aliphatic heterocycles. The van der Waals surface area contributed by atoms with E-state index in [4.69, 9.17) is 4.74 Å². The number of esters is 1. The Morgan fingerprint density at radius 3 is 2.43 bits per heavy atom. The Hall–Kier alpha value is -1.32. The lowest BCUT2D eigenvalue weighted by atomic mass is 9.97. The molecule has 0 saturated carbocycles. The second-order valence-electron chi connectivity index (χ2n) is 3.71. The lowest BCUT2D eigenvalue weighted by molar-refractivity contribution is -0.175. The fourth-order valence-electron chi connectivity index (χ4n) is 1.45. The van der Waals surface area contributed by atoms with Crippen molar-refractivity contribution in [2.45, 2.75) is 32.9 Å². The molecule has 0 unspecified atom stereocenters. The molecule has 0 N–H and O–H groups in total. The van der Waals surface area contributed by atoms with Gasteiger partial charge in [0, 0.05) is 14.0 Å². The molecule has 1 fully saturated rings. The molecule has 1 rings (SSSR count). The summed E-state index contributed by atoms with van der Waals surface area (Å²) in [6.07, 6.45) is 1.31. The molecule has 2 atom stereocenters. The third kappa shape index (κ3) is 1.95. The number of likely N-dealkylation sites (tertiary alicyclic amines) is 1. The van der Waals surface area contributed by atoms with E-state index in [-0.39, 0.29) is 11.9 Å². The van der Waals surface area contributed by atoms with Gasteiger partial charge in [0.05, 0.1) is 6.04 Å². The van der Waals surface area contributed by atoms with Gasteiger partial charge in [0.1, 0.15) is 0 Å². The lowest BCUT2D eigenvalue weighted by Crippen LogP contribution is -2.63. The Bertz CT molecular complexity index is 292. The van der Waals surface area contributed by atoms with Crippen LogP contribution in [0.4, 0.5) is 0 Å². The molecule has 1 heterocycles. The van der Waals surface area contributed by atoms with Gasteiger partial charge in [0.15, 0.2) is 0 Å². The molecule has 1 aliphatic rings. The zero-order chi connectivity index (χ0) is 10.9. The van der Waals surface area contributed by atoms with Crippen LogP contribution in [0, 0.1) is 0 Å². The number of likely N-dealkylation sites (N-methyl/N-ethyl adjacent to an activating group) is 1. The van der Waals surface area contributed by atoms with Gasteiger partial charge in [-0.2, -0.15) is 0 Å². The number of nitrogens with zero attached hydrogens (tertiary/aromatic N) is 1. The van der Waals surface area contributed by atoms with Gasteiger partial charge in [0.25, 0.3) is 5.91 Å². The molecule has 14 heavy (non-hydrogen) atoms. The van der Waals surface area contributed by atoms with E-state index in [1.165, 1.54) is 6.92 Å². The molecule has 0 aromatic heterocycles. The van der Waals surface area contributed by atoms with E-state index in [0.717, 1.165) is 5.57 Å². The van der Waals surface area contributed by atoms with Crippen LogP contribution in [0.1, 0.15) is 20.8 Å². The average Bonchev–Trinajstić information content (AvgIpc) is 2.09. The Morgan fingerprint density at radius 2 is 2.00 bits per heavy atom.